The molecule has 2 heterocycles. The normalized spacial score (nSPS) is 29.7. The number of aromatic nitrogens is 2. The van der Waals surface area contributed by atoms with Crippen LogP contribution in [0.5, 0.6) is 0 Å². The molecule has 1 aliphatic rings. The topological polar surface area (TPSA) is 140 Å². The van der Waals surface area contributed by atoms with E-state index in [0.29, 0.717) is 4.57 Å². The summed E-state index contributed by atoms with van der Waals surface area (Å²) in [6.07, 6.45) is -6.28. The van der Waals surface area contributed by atoms with Gasteiger partial charge in [-0.15, -0.1) is 0 Å². The fourth-order valence-corrected chi connectivity index (χ4v) is 2.10. The van der Waals surface area contributed by atoms with Gasteiger partial charge in [0.15, 0.2) is 12.8 Å². The third-order valence-electron chi connectivity index (χ3n) is 3.22. The van der Waals surface area contributed by atoms with Gasteiger partial charge in [-0.3, -0.25) is 14.3 Å². The lowest BCUT2D eigenvalue weighted by atomic mass is 10.1. The number of ether oxygens (including phenoxy) is 3. The van der Waals surface area contributed by atoms with Gasteiger partial charge in [-0.05, 0) is 13.8 Å². The van der Waals surface area contributed by atoms with Crippen LogP contribution in [0.2, 0.25) is 0 Å². The van der Waals surface area contributed by atoms with Crippen LogP contribution < -0.4 is 11.2 Å². The molecule has 0 aromatic carbocycles. The minimum Gasteiger partial charge on any atom is -0.432 e. The van der Waals surface area contributed by atoms with Crippen molar-refractivity contribution in [2.75, 3.05) is 6.61 Å². The van der Waals surface area contributed by atoms with E-state index in [1.807, 2.05) is 4.98 Å². The molecule has 0 aliphatic carbocycles. The Balaban J connectivity index is 2.15. The lowest BCUT2D eigenvalue weighted by Gasteiger charge is -2.22. The van der Waals surface area contributed by atoms with Crippen molar-refractivity contribution in [3.63, 3.8) is 0 Å². The average molecular weight is 348 g/mol. The summed E-state index contributed by atoms with van der Waals surface area (Å²) >= 11 is 0. The molecule has 1 aromatic rings. The molecule has 1 saturated heterocycles. The summed E-state index contributed by atoms with van der Waals surface area (Å²) in [6.45, 7) is 2.04. The van der Waals surface area contributed by atoms with E-state index in [1.54, 1.807) is 13.8 Å². The summed E-state index contributed by atoms with van der Waals surface area (Å²) in [4.78, 5) is 35.9. The van der Waals surface area contributed by atoms with Crippen molar-refractivity contribution in [3.8, 4) is 0 Å². The highest BCUT2D eigenvalue weighted by atomic mass is 19.2. The Morgan fingerprint density at radius 3 is 2.75 bits per heavy atom. The molecule has 1 aromatic heterocycles. The van der Waals surface area contributed by atoms with Crippen LogP contribution in [0.25, 0.3) is 0 Å². The van der Waals surface area contributed by atoms with Gasteiger partial charge in [0.1, 0.15) is 12.2 Å². The van der Waals surface area contributed by atoms with Crippen LogP contribution in [0, 0.1) is 0 Å². The number of aromatic amines is 1. The number of aliphatic hydroxyl groups excluding tert-OH is 2. The number of aliphatic hydroxyl groups is 2. The molecular weight excluding hydrogens is 331 g/mol. The van der Waals surface area contributed by atoms with E-state index in [2.05, 4.69) is 9.47 Å². The standard InChI is InChI=1S/C13H17FN2O8/c1-6(2)23-12(21)22-5-13(14)9(19)8(18)10(24-13)16-4-3-7(17)15-11(16)20/h3-4,6,8-10,18-19H,5H2,1-2H3,(H,15,17,20)/t8-,9+,10-,13-/m1/s1. The largest absolute Gasteiger partial charge is 0.508 e. The molecule has 10 nitrogen and oxygen atoms in total. The van der Waals surface area contributed by atoms with Crippen LogP contribution in [0.15, 0.2) is 21.9 Å². The summed E-state index contributed by atoms with van der Waals surface area (Å²) < 4.78 is 29.4. The maximum Gasteiger partial charge on any atom is 0.508 e. The number of alkyl halides is 1. The average Bonchev–Trinajstić information content (AvgIpc) is 2.70. The maximum absolute atomic E-state index is 14.6. The third-order valence-corrected chi connectivity index (χ3v) is 3.22. The molecule has 134 valence electrons. The second-order valence-corrected chi connectivity index (χ2v) is 5.45. The monoisotopic (exact) mass is 348 g/mol. The highest BCUT2D eigenvalue weighted by Gasteiger charge is 2.57. The molecule has 0 radical (unpaired) electrons. The lowest BCUT2D eigenvalue weighted by molar-refractivity contribution is -0.210. The molecule has 2 rings (SSSR count). The van der Waals surface area contributed by atoms with Crippen LogP contribution >= 0.6 is 0 Å². The first kappa shape index (κ1) is 18.1. The van der Waals surface area contributed by atoms with Gasteiger partial charge in [-0.2, -0.15) is 0 Å². The molecule has 24 heavy (non-hydrogen) atoms. The zero-order valence-electron chi connectivity index (χ0n) is 12.8. The molecule has 0 saturated carbocycles. The van der Waals surface area contributed by atoms with E-state index in [4.69, 9.17) is 4.74 Å². The number of halogens is 1. The molecule has 1 aliphatic heterocycles. The Kier molecular flexibility index (Phi) is 5.06. The Hall–Kier alpha value is -2.24. The van der Waals surface area contributed by atoms with Crippen molar-refractivity contribution >= 4 is 6.16 Å². The Bertz CT molecular complexity index is 716. The van der Waals surface area contributed by atoms with E-state index < -0.39 is 54.4 Å². The van der Waals surface area contributed by atoms with Gasteiger partial charge in [0.2, 0.25) is 0 Å². The van der Waals surface area contributed by atoms with Crippen molar-refractivity contribution in [2.45, 2.75) is 44.2 Å². The summed E-state index contributed by atoms with van der Waals surface area (Å²) in [6, 6.07) is 0.957. The highest BCUT2D eigenvalue weighted by Crippen LogP contribution is 2.37. The second-order valence-electron chi connectivity index (χ2n) is 5.45. The predicted molar refractivity (Wildman–Crippen MR) is 74.9 cm³/mol. The van der Waals surface area contributed by atoms with Crippen LogP contribution in [0.1, 0.15) is 20.1 Å². The second kappa shape index (κ2) is 6.71. The molecule has 11 heteroatoms. The van der Waals surface area contributed by atoms with Crippen molar-refractivity contribution in [1.29, 1.82) is 0 Å². The van der Waals surface area contributed by atoms with Crippen molar-refractivity contribution < 1.29 is 33.6 Å². The van der Waals surface area contributed by atoms with Crippen molar-refractivity contribution in [3.05, 3.63) is 33.1 Å². The molecule has 4 atom stereocenters. The molecule has 0 spiro atoms. The molecular formula is C13H17FN2O8. The van der Waals surface area contributed by atoms with Gasteiger partial charge in [0.05, 0.1) is 6.10 Å². The summed E-state index contributed by atoms with van der Waals surface area (Å²) in [5.74, 6) is -2.96. The van der Waals surface area contributed by atoms with Crippen LogP contribution in [0.4, 0.5) is 9.18 Å². The summed E-state index contributed by atoms with van der Waals surface area (Å²) in [5, 5.41) is 19.7. The van der Waals surface area contributed by atoms with E-state index in [0.717, 1.165) is 12.3 Å². The van der Waals surface area contributed by atoms with Gasteiger partial charge in [-0.1, -0.05) is 0 Å². The molecule has 3 N–H and O–H groups in total. The zero-order chi connectivity index (χ0) is 18.1. The molecule has 0 amide bonds. The van der Waals surface area contributed by atoms with Crippen molar-refractivity contribution in [2.24, 2.45) is 0 Å². The zero-order valence-corrected chi connectivity index (χ0v) is 12.8. The maximum atomic E-state index is 14.6. The van der Waals surface area contributed by atoms with Gasteiger partial charge >= 0.3 is 11.8 Å². The predicted octanol–water partition coefficient (Wildman–Crippen LogP) is -0.985. The minimum absolute atomic E-state index is 0.500. The first-order valence-electron chi connectivity index (χ1n) is 7.02. The quantitative estimate of drug-likeness (QED) is 0.590. The van der Waals surface area contributed by atoms with Gasteiger partial charge in [0, 0.05) is 12.3 Å². The third kappa shape index (κ3) is 3.63. The van der Waals surface area contributed by atoms with Crippen LogP contribution in [-0.2, 0) is 14.2 Å². The number of rotatable bonds is 4. The highest BCUT2D eigenvalue weighted by molar-refractivity contribution is 5.60. The fraction of sp³-hybridized carbons (Fsp3) is 0.615. The van der Waals surface area contributed by atoms with Gasteiger partial charge in [-0.25, -0.2) is 14.0 Å². The number of carbonyl (C=O) groups excluding carboxylic acids is 1. The number of hydrogen-bond donors (Lipinski definition) is 3. The van der Waals surface area contributed by atoms with Gasteiger partial charge in [0.25, 0.3) is 11.4 Å². The van der Waals surface area contributed by atoms with Crippen molar-refractivity contribution in [1.82, 2.24) is 9.55 Å². The number of carbonyl (C=O) groups is 1. The molecule has 0 bridgehead atoms. The Labute approximate surface area is 134 Å². The van der Waals surface area contributed by atoms with E-state index >= 15 is 0 Å². The van der Waals surface area contributed by atoms with Crippen LogP contribution in [0.3, 0.4) is 0 Å². The fourth-order valence-electron chi connectivity index (χ4n) is 2.10. The van der Waals surface area contributed by atoms with Crippen LogP contribution in [-0.4, -0.2) is 56.7 Å². The van der Waals surface area contributed by atoms with E-state index in [9.17, 15) is 29.0 Å². The number of hydrogen-bond acceptors (Lipinski definition) is 8. The van der Waals surface area contributed by atoms with Gasteiger partial charge < -0.3 is 24.4 Å². The number of nitrogens with zero attached hydrogens (tertiary/aromatic N) is 1. The molecule has 1 fully saturated rings. The summed E-state index contributed by atoms with van der Waals surface area (Å²) in [7, 11) is 0. The first-order valence-corrected chi connectivity index (χ1v) is 7.02. The SMILES string of the molecule is CC(C)OC(=O)OC[C@@]1(F)O[C@@H](n2ccc(=O)[nH]c2=O)[C@H](O)[C@@H]1O. The minimum atomic E-state index is -2.96. The summed E-state index contributed by atoms with van der Waals surface area (Å²) in [5.41, 5.74) is -1.67. The smallest absolute Gasteiger partial charge is 0.432 e. The van der Waals surface area contributed by atoms with E-state index in [1.165, 1.54) is 0 Å². The lowest BCUT2D eigenvalue weighted by Crippen LogP contribution is -2.43. The number of nitrogens with one attached hydrogen (secondary N) is 1. The molecule has 0 unspecified atom stereocenters. The Morgan fingerprint density at radius 2 is 2.17 bits per heavy atom. The number of H-pyrrole nitrogens is 1. The first-order chi connectivity index (χ1) is 11.1. The van der Waals surface area contributed by atoms with E-state index in [-0.39, 0.29) is 0 Å². The Morgan fingerprint density at radius 1 is 1.50 bits per heavy atom.